The summed E-state index contributed by atoms with van der Waals surface area (Å²) in [5, 5.41) is 0. The largest absolute Gasteiger partial charge is 0.497 e. The highest BCUT2D eigenvalue weighted by Gasteiger charge is 2.47. The smallest absolute Gasteiger partial charge is 0.253 e. The first-order valence-corrected chi connectivity index (χ1v) is 14.7. The number of hydrogen-bond donors (Lipinski definition) is 0. The summed E-state index contributed by atoms with van der Waals surface area (Å²) in [7, 11) is -0.0554. The molecule has 1 aliphatic rings. The van der Waals surface area contributed by atoms with Crippen molar-refractivity contribution in [2.24, 2.45) is 0 Å². The van der Waals surface area contributed by atoms with Gasteiger partial charge in [0.1, 0.15) is 21.8 Å². The molecular weight excluding hydrogens is 588 g/mol. The van der Waals surface area contributed by atoms with E-state index < -0.39 is 40.7 Å². The molecule has 1 amide bonds. The Kier molecular flexibility index (Phi) is 9.18. The first-order chi connectivity index (χ1) is 19.0. The van der Waals surface area contributed by atoms with E-state index in [9.17, 15) is 13.2 Å². The number of pyridine rings is 1. The minimum Gasteiger partial charge on any atom is -0.497 e. The Morgan fingerprint density at radius 3 is 2.50 bits per heavy atom. The lowest BCUT2D eigenvalue weighted by molar-refractivity contribution is -0.136. The lowest BCUT2D eigenvalue weighted by Crippen LogP contribution is -2.50. The third-order valence-corrected chi connectivity index (χ3v) is 10.0. The van der Waals surface area contributed by atoms with Crippen molar-refractivity contribution in [1.29, 1.82) is 0 Å². The van der Waals surface area contributed by atoms with Crippen molar-refractivity contribution in [1.82, 2.24) is 14.2 Å². The molecule has 1 fully saturated rings. The molecule has 40 heavy (non-hydrogen) atoms. The molecule has 0 radical (unpaired) electrons. The number of alkyl halides is 2. The van der Waals surface area contributed by atoms with E-state index in [1.54, 1.807) is 24.3 Å². The predicted octanol–water partition coefficient (Wildman–Crippen LogP) is 4.84. The zero-order chi connectivity index (χ0) is 29.1. The molecule has 216 valence electrons. The van der Waals surface area contributed by atoms with E-state index in [2.05, 4.69) is 4.98 Å². The number of thiophene rings is 1. The number of ether oxygens (including phenoxy) is 3. The number of carbonyl (C=O) groups is 1. The Balaban J connectivity index is 1.75. The van der Waals surface area contributed by atoms with Crippen molar-refractivity contribution in [3.63, 3.8) is 0 Å². The van der Waals surface area contributed by atoms with Gasteiger partial charge in [0.25, 0.3) is 15.9 Å². The minimum atomic E-state index is -4.42. The van der Waals surface area contributed by atoms with Crippen molar-refractivity contribution in [3.05, 3.63) is 64.1 Å². The predicted molar refractivity (Wildman–Crippen MR) is 146 cm³/mol. The first kappa shape index (κ1) is 30.0. The number of methoxy groups -OCH3 is 3. The molecule has 2 aromatic heterocycles. The van der Waals surface area contributed by atoms with E-state index in [0.717, 1.165) is 15.6 Å². The van der Waals surface area contributed by atoms with Crippen molar-refractivity contribution >= 4 is 38.9 Å². The van der Waals surface area contributed by atoms with Gasteiger partial charge in [-0.25, -0.2) is 22.2 Å². The summed E-state index contributed by atoms with van der Waals surface area (Å²) in [4.78, 5) is 19.3. The fourth-order valence-corrected chi connectivity index (χ4v) is 7.56. The molecule has 1 aromatic carbocycles. The van der Waals surface area contributed by atoms with Gasteiger partial charge in [0.15, 0.2) is 0 Å². The molecule has 14 heteroatoms. The summed E-state index contributed by atoms with van der Waals surface area (Å²) in [6, 6.07) is 9.04. The van der Waals surface area contributed by atoms with Crippen LogP contribution in [0.5, 0.6) is 17.4 Å². The van der Waals surface area contributed by atoms with E-state index in [-0.39, 0.29) is 28.2 Å². The number of likely N-dealkylation sites (tertiary alicyclic amines) is 1. The number of hydrogen-bond acceptors (Lipinski definition) is 8. The van der Waals surface area contributed by atoms with Crippen molar-refractivity contribution in [3.8, 4) is 17.4 Å². The van der Waals surface area contributed by atoms with E-state index in [4.69, 9.17) is 25.8 Å². The van der Waals surface area contributed by atoms with Gasteiger partial charge in [-0.3, -0.25) is 4.79 Å². The molecule has 0 aliphatic carbocycles. The number of carbonyl (C=O) groups excluding carboxylic acids is 1. The van der Waals surface area contributed by atoms with Crippen LogP contribution in [0.3, 0.4) is 0 Å². The molecule has 1 saturated heterocycles. The van der Waals surface area contributed by atoms with Gasteiger partial charge in [-0.1, -0.05) is 17.7 Å². The summed E-state index contributed by atoms with van der Waals surface area (Å²) in [5.41, 5.74) is 0.940. The molecule has 3 heterocycles. The number of amides is 1. The standard InChI is InChI=1S/C26H28ClF2N3O6S2/c1-36-19-6-5-18(21(12-19)37-2)16-31-11-10-26(28,29)13-20(25(31)33)32(15-17-4-8-23(38-3)30-14-17)40(34,35)24-9-7-22(27)39-24/h4-9,12,14,20H,10-11,13,15-16H2,1-3H3/t20-/m1/s1. The van der Waals surface area contributed by atoms with Crippen molar-refractivity contribution < 1.29 is 36.2 Å². The maximum Gasteiger partial charge on any atom is 0.253 e. The SMILES string of the molecule is COc1ccc(CN2CCC(F)(F)C[C@@H](N(Cc3ccc(OC)nc3)S(=O)(=O)c3ccc(Cl)s3)C2=O)c(OC)c1. The van der Waals surface area contributed by atoms with Crippen LogP contribution < -0.4 is 14.2 Å². The lowest BCUT2D eigenvalue weighted by atomic mass is 10.1. The lowest BCUT2D eigenvalue weighted by Gasteiger charge is -2.32. The molecule has 0 bridgehead atoms. The summed E-state index contributed by atoms with van der Waals surface area (Å²) in [5.74, 6) is -2.84. The summed E-state index contributed by atoms with van der Waals surface area (Å²) >= 11 is 6.79. The molecule has 9 nitrogen and oxygen atoms in total. The highest BCUT2D eigenvalue weighted by Crippen LogP contribution is 2.37. The number of sulfonamides is 1. The number of halogens is 3. The summed E-state index contributed by atoms with van der Waals surface area (Å²) in [6.07, 6.45) is -0.234. The van der Waals surface area contributed by atoms with Crippen LogP contribution in [-0.4, -0.2) is 68.4 Å². The second-order valence-corrected chi connectivity index (χ2v) is 12.9. The molecule has 0 saturated carbocycles. The van der Waals surface area contributed by atoms with Crippen molar-refractivity contribution in [2.75, 3.05) is 27.9 Å². The van der Waals surface area contributed by atoms with Crippen LogP contribution in [0, 0.1) is 0 Å². The molecule has 3 aromatic rings. The van der Waals surface area contributed by atoms with Gasteiger partial charge in [0, 0.05) is 56.4 Å². The van der Waals surface area contributed by atoms with Crippen LogP contribution in [0.4, 0.5) is 8.78 Å². The van der Waals surface area contributed by atoms with Gasteiger partial charge in [-0.05, 0) is 29.8 Å². The second-order valence-electron chi connectivity index (χ2n) is 9.08. The highest BCUT2D eigenvalue weighted by atomic mass is 35.5. The Morgan fingerprint density at radius 1 is 1.12 bits per heavy atom. The van der Waals surface area contributed by atoms with Crippen LogP contribution in [0.2, 0.25) is 4.34 Å². The van der Waals surface area contributed by atoms with E-state index in [1.165, 1.54) is 50.6 Å². The van der Waals surface area contributed by atoms with Crippen LogP contribution >= 0.6 is 22.9 Å². The summed E-state index contributed by atoms with van der Waals surface area (Å²) < 4.78 is 74.6. The maximum absolute atomic E-state index is 15.1. The minimum absolute atomic E-state index is 0.0681. The Labute approximate surface area is 240 Å². The second kappa shape index (κ2) is 12.2. The van der Waals surface area contributed by atoms with Crippen LogP contribution in [0.25, 0.3) is 0 Å². The van der Waals surface area contributed by atoms with Crippen LogP contribution in [-0.2, 0) is 27.9 Å². The Bertz CT molecular complexity index is 1450. The molecule has 0 spiro atoms. The molecule has 0 N–H and O–H groups in total. The van der Waals surface area contributed by atoms with Crippen LogP contribution in [0.15, 0.2) is 52.9 Å². The fraction of sp³-hybridized carbons (Fsp3) is 0.385. The highest BCUT2D eigenvalue weighted by molar-refractivity contribution is 7.91. The van der Waals surface area contributed by atoms with Gasteiger partial charge >= 0.3 is 0 Å². The van der Waals surface area contributed by atoms with E-state index in [1.807, 2.05) is 0 Å². The van der Waals surface area contributed by atoms with Gasteiger partial charge in [0.05, 0.1) is 25.7 Å². The molecule has 0 unspecified atom stereocenters. The van der Waals surface area contributed by atoms with E-state index in [0.29, 0.717) is 28.5 Å². The summed E-state index contributed by atoms with van der Waals surface area (Å²) in [6.45, 7) is -0.719. The monoisotopic (exact) mass is 615 g/mol. The molecule has 1 atom stereocenters. The van der Waals surface area contributed by atoms with Gasteiger partial charge in [0.2, 0.25) is 11.8 Å². The van der Waals surface area contributed by atoms with Gasteiger partial charge in [-0.2, -0.15) is 4.31 Å². The van der Waals surface area contributed by atoms with Crippen LogP contribution in [0.1, 0.15) is 24.0 Å². The third kappa shape index (κ3) is 6.65. The Morgan fingerprint density at radius 2 is 1.90 bits per heavy atom. The number of aromatic nitrogens is 1. The normalized spacial score (nSPS) is 17.5. The van der Waals surface area contributed by atoms with E-state index >= 15 is 8.78 Å². The number of rotatable bonds is 10. The molecule has 4 rings (SSSR count). The number of benzene rings is 1. The quantitative estimate of drug-likeness (QED) is 0.322. The van der Waals surface area contributed by atoms with Gasteiger partial charge in [-0.15, -0.1) is 11.3 Å². The number of nitrogens with zero attached hydrogens (tertiary/aromatic N) is 3. The average molecular weight is 616 g/mol. The first-order valence-electron chi connectivity index (χ1n) is 12.1. The fourth-order valence-electron chi connectivity index (χ4n) is 4.38. The zero-order valence-corrected chi connectivity index (χ0v) is 24.4. The average Bonchev–Trinajstić information content (AvgIpc) is 3.35. The molecular formula is C26H28ClF2N3O6S2. The molecule has 1 aliphatic heterocycles. The maximum atomic E-state index is 15.1. The third-order valence-electron chi connectivity index (χ3n) is 6.50. The topological polar surface area (TPSA) is 98.3 Å². The van der Waals surface area contributed by atoms with Gasteiger partial charge < -0.3 is 19.1 Å². The zero-order valence-electron chi connectivity index (χ0n) is 22.0. The van der Waals surface area contributed by atoms with Crippen molar-refractivity contribution in [2.45, 2.75) is 42.1 Å². The Hall–Kier alpha value is -3.00.